The van der Waals surface area contributed by atoms with Crippen LogP contribution in [0.25, 0.3) is 5.57 Å². The Labute approximate surface area is 161 Å². The largest absolute Gasteiger partial charge is 0.281 e. The molecule has 3 nitrogen and oxygen atoms in total. The second-order valence-electron chi connectivity index (χ2n) is 8.19. The molecule has 3 heteroatoms. The van der Waals surface area contributed by atoms with Gasteiger partial charge in [-0.05, 0) is 43.0 Å². The van der Waals surface area contributed by atoms with E-state index in [-0.39, 0.29) is 11.4 Å². The maximum absolute atomic E-state index is 13.0. The lowest BCUT2D eigenvalue weighted by Gasteiger charge is -2.46. The number of rotatable bonds is 1. The molecule has 5 rings (SSSR count). The molecule has 27 heavy (non-hydrogen) atoms. The van der Waals surface area contributed by atoms with Crippen LogP contribution in [0.2, 0.25) is 0 Å². The minimum absolute atomic E-state index is 0.191. The highest BCUT2D eigenvalue weighted by Crippen LogP contribution is 2.47. The third kappa shape index (κ3) is 2.60. The van der Waals surface area contributed by atoms with E-state index < -0.39 is 0 Å². The van der Waals surface area contributed by atoms with Gasteiger partial charge in [-0.2, -0.15) is 0 Å². The molecule has 1 saturated carbocycles. The third-order valence-electron chi connectivity index (χ3n) is 6.37. The number of carbonyl (C=O) groups is 1. The molecule has 0 atom stereocenters. The number of nitrogens with zero attached hydrogens (tertiary/aromatic N) is 2. The summed E-state index contributed by atoms with van der Waals surface area (Å²) in [6.07, 6.45) is 8.80. The van der Waals surface area contributed by atoms with E-state index in [1.165, 1.54) is 47.2 Å². The summed E-state index contributed by atoms with van der Waals surface area (Å²) in [5.74, 6) is 0.272. The molecule has 0 bridgehead atoms. The summed E-state index contributed by atoms with van der Waals surface area (Å²) in [5.41, 5.74) is 6.01. The summed E-state index contributed by atoms with van der Waals surface area (Å²) >= 11 is 0. The van der Waals surface area contributed by atoms with Gasteiger partial charge in [-0.25, -0.2) is 5.01 Å². The fourth-order valence-electron chi connectivity index (χ4n) is 5.16. The number of carbonyl (C=O) groups excluding carboxylic acids is 1. The molecule has 2 aliphatic heterocycles. The van der Waals surface area contributed by atoms with Gasteiger partial charge in [-0.1, -0.05) is 67.3 Å². The Bertz CT molecular complexity index is 923. The van der Waals surface area contributed by atoms with Crippen molar-refractivity contribution in [3.63, 3.8) is 0 Å². The van der Waals surface area contributed by atoms with Crippen LogP contribution in [0.3, 0.4) is 0 Å². The first-order valence-corrected chi connectivity index (χ1v) is 10.2. The number of amides is 1. The van der Waals surface area contributed by atoms with Crippen LogP contribution in [0.5, 0.6) is 0 Å². The highest BCUT2D eigenvalue weighted by Gasteiger charge is 2.47. The lowest BCUT2D eigenvalue weighted by Crippen LogP contribution is -2.55. The quantitative estimate of drug-likeness (QED) is 0.708. The molecule has 3 aliphatic rings. The number of hydrogen-bond acceptors (Lipinski definition) is 2. The second kappa shape index (κ2) is 6.26. The molecule has 1 spiro atoms. The van der Waals surface area contributed by atoms with E-state index in [0.29, 0.717) is 6.42 Å². The first-order valence-electron chi connectivity index (χ1n) is 10.2. The van der Waals surface area contributed by atoms with Gasteiger partial charge in [0.1, 0.15) is 0 Å². The lowest BCUT2D eigenvalue weighted by molar-refractivity contribution is -0.133. The van der Waals surface area contributed by atoms with Gasteiger partial charge in [0.2, 0.25) is 5.91 Å². The van der Waals surface area contributed by atoms with Crippen molar-refractivity contribution < 1.29 is 4.79 Å². The van der Waals surface area contributed by atoms with Crippen molar-refractivity contribution in [2.24, 2.45) is 0 Å². The minimum Gasteiger partial charge on any atom is -0.281 e. The van der Waals surface area contributed by atoms with Gasteiger partial charge in [0.05, 0.1) is 11.2 Å². The molecule has 2 aromatic rings. The van der Waals surface area contributed by atoms with E-state index in [2.05, 4.69) is 71.5 Å². The lowest BCUT2D eigenvalue weighted by atomic mass is 9.78. The van der Waals surface area contributed by atoms with Crippen LogP contribution in [-0.2, 0) is 4.79 Å². The van der Waals surface area contributed by atoms with Crippen LogP contribution in [-0.4, -0.2) is 23.0 Å². The predicted octanol–water partition coefficient (Wildman–Crippen LogP) is 5.10. The molecule has 2 aromatic carbocycles. The van der Waals surface area contributed by atoms with Crippen LogP contribution >= 0.6 is 0 Å². The first kappa shape index (κ1) is 16.6. The van der Waals surface area contributed by atoms with Crippen molar-refractivity contribution in [3.05, 3.63) is 71.3 Å². The first-order chi connectivity index (χ1) is 13.2. The van der Waals surface area contributed by atoms with E-state index in [0.717, 1.165) is 19.4 Å². The molecule has 0 radical (unpaired) electrons. The molecule has 2 fully saturated rings. The Kier molecular flexibility index (Phi) is 3.85. The van der Waals surface area contributed by atoms with Crippen LogP contribution in [0.1, 0.15) is 55.2 Å². The SMILES string of the molecule is Cc1cccc(C2=CC3(CCCCC3)N3C(=O)CCN3c3ccccc32)c1. The zero-order valence-electron chi connectivity index (χ0n) is 15.9. The molecule has 0 unspecified atom stereocenters. The van der Waals surface area contributed by atoms with Gasteiger partial charge in [-0.3, -0.25) is 9.80 Å². The average molecular weight is 358 g/mol. The van der Waals surface area contributed by atoms with Crippen molar-refractivity contribution in [2.45, 2.75) is 51.0 Å². The maximum atomic E-state index is 13.0. The van der Waals surface area contributed by atoms with Crippen molar-refractivity contribution >= 4 is 17.2 Å². The summed E-state index contributed by atoms with van der Waals surface area (Å²) in [6, 6.07) is 17.4. The van der Waals surface area contributed by atoms with Crippen LogP contribution in [0.4, 0.5) is 5.69 Å². The zero-order valence-corrected chi connectivity index (χ0v) is 15.9. The summed E-state index contributed by atoms with van der Waals surface area (Å²) in [6.45, 7) is 2.93. The van der Waals surface area contributed by atoms with Gasteiger partial charge >= 0.3 is 0 Å². The van der Waals surface area contributed by atoms with Crippen molar-refractivity contribution in [1.29, 1.82) is 0 Å². The molecule has 1 aliphatic carbocycles. The van der Waals surface area contributed by atoms with Gasteiger partial charge in [-0.15, -0.1) is 0 Å². The van der Waals surface area contributed by atoms with E-state index in [9.17, 15) is 4.79 Å². The molecule has 138 valence electrons. The molecule has 1 saturated heterocycles. The van der Waals surface area contributed by atoms with Crippen LogP contribution in [0, 0.1) is 6.92 Å². The Balaban J connectivity index is 1.78. The Morgan fingerprint density at radius 3 is 2.59 bits per heavy atom. The summed E-state index contributed by atoms with van der Waals surface area (Å²) < 4.78 is 0. The number of fused-ring (bicyclic) bond motifs is 4. The van der Waals surface area contributed by atoms with E-state index in [1.807, 2.05) is 0 Å². The van der Waals surface area contributed by atoms with Crippen molar-refractivity contribution in [1.82, 2.24) is 5.01 Å². The number of benzene rings is 2. The molecular weight excluding hydrogens is 332 g/mol. The molecule has 2 heterocycles. The van der Waals surface area contributed by atoms with E-state index in [1.54, 1.807) is 0 Å². The number of anilines is 1. The number of hydrogen-bond donors (Lipinski definition) is 0. The highest BCUT2D eigenvalue weighted by atomic mass is 16.2. The van der Waals surface area contributed by atoms with Gasteiger partial charge < -0.3 is 0 Å². The summed E-state index contributed by atoms with van der Waals surface area (Å²) in [4.78, 5) is 13.0. The Hall–Kier alpha value is -2.55. The summed E-state index contributed by atoms with van der Waals surface area (Å²) in [5, 5.41) is 4.38. The van der Waals surface area contributed by atoms with Gasteiger partial charge in [0, 0.05) is 18.5 Å². The average Bonchev–Trinajstić information content (AvgIpc) is 3.04. The molecule has 0 N–H and O–H groups in total. The predicted molar refractivity (Wildman–Crippen MR) is 109 cm³/mol. The smallest absolute Gasteiger partial charge is 0.243 e. The van der Waals surface area contributed by atoms with Crippen molar-refractivity contribution in [3.8, 4) is 0 Å². The topological polar surface area (TPSA) is 23.6 Å². The van der Waals surface area contributed by atoms with Gasteiger partial charge in [0.25, 0.3) is 0 Å². The third-order valence-corrected chi connectivity index (χ3v) is 6.37. The zero-order chi connectivity index (χ0) is 18.4. The molecule has 1 amide bonds. The monoisotopic (exact) mass is 358 g/mol. The number of hydrazine groups is 1. The maximum Gasteiger partial charge on any atom is 0.243 e. The Morgan fingerprint density at radius 2 is 1.78 bits per heavy atom. The fraction of sp³-hybridized carbons (Fsp3) is 0.375. The van der Waals surface area contributed by atoms with Gasteiger partial charge in [0.15, 0.2) is 0 Å². The van der Waals surface area contributed by atoms with Crippen LogP contribution < -0.4 is 5.01 Å². The normalized spacial score (nSPS) is 20.9. The second-order valence-corrected chi connectivity index (χ2v) is 8.19. The number of para-hydroxylation sites is 1. The number of aryl methyl sites for hydroxylation is 1. The Morgan fingerprint density at radius 1 is 0.963 bits per heavy atom. The molecular formula is C24H26N2O. The molecule has 0 aromatic heterocycles. The van der Waals surface area contributed by atoms with Crippen LogP contribution in [0.15, 0.2) is 54.6 Å². The van der Waals surface area contributed by atoms with E-state index >= 15 is 0 Å². The minimum atomic E-state index is -0.191. The standard InChI is InChI=1S/C24H26N2O/c1-18-8-7-9-19(16-18)21-17-24(13-5-2-6-14-24)26-23(27)12-15-25(26)22-11-4-3-10-20(21)22/h3-4,7-11,16-17H,2,5-6,12-15H2,1H3. The highest BCUT2D eigenvalue weighted by molar-refractivity contribution is 5.92. The van der Waals surface area contributed by atoms with E-state index in [4.69, 9.17) is 0 Å². The van der Waals surface area contributed by atoms with Crippen molar-refractivity contribution in [2.75, 3.05) is 11.6 Å². The summed E-state index contributed by atoms with van der Waals surface area (Å²) in [7, 11) is 0. The fourth-order valence-corrected chi connectivity index (χ4v) is 5.16.